The fourth-order valence-corrected chi connectivity index (χ4v) is 10.0. The van der Waals surface area contributed by atoms with Gasteiger partial charge in [0.05, 0.1) is 41.6 Å². The number of imidazole rings is 1. The number of hydrogen-bond donors (Lipinski definition) is 5. The third-order valence-electron chi connectivity index (χ3n) is 10.7. The Labute approximate surface area is 317 Å². The van der Waals surface area contributed by atoms with Crippen LogP contribution in [0.5, 0.6) is 0 Å². The average molecular weight is 763 g/mol. The van der Waals surface area contributed by atoms with Crippen molar-refractivity contribution < 1.29 is 32.7 Å². The van der Waals surface area contributed by atoms with Gasteiger partial charge in [0.25, 0.3) is 0 Å². The molecule has 5 rings (SSSR count). The smallest absolute Gasteiger partial charge is 0.247 e. The molecule has 1 aromatic heterocycles. The monoisotopic (exact) mass is 762 g/mol. The number of benzene rings is 2. The Morgan fingerprint density at radius 2 is 1.72 bits per heavy atom. The molecule has 2 aromatic carbocycles. The SMILES string of the molecule is CC(=O)N(C(=O)[C@@H](N)Cc1ccccc1)[C@](Cc1cnc[nH]1)(C(=O)N[C@@H](CC1CCCCC1)[C@@H](O)CC(=O)NCC(C)C)C1CS(=O)(=O)c2ccccc21. The van der Waals surface area contributed by atoms with Gasteiger partial charge in [-0.3, -0.25) is 24.1 Å². The van der Waals surface area contributed by atoms with Crippen molar-refractivity contribution in [3.05, 3.63) is 83.9 Å². The first-order valence-corrected chi connectivity index (χ1v) is 20.6. The van der Waals surface area contributed by atoms with Gasteiger partial charge in [-0.05, 0) is 41.9 Å². The Hall–Kier alpha value is -4.40. The third-order valence-corrected chi connectivity index (χ3v) is 12.6. The quantitative estimate of drug-likeness (QED) is 0.145. The molecule has 292 valence electrons. The van der Waals surface area contributed by atoms with Crippen LogP contribution < -0.4 is 16.4 Å². The van der Waals surface area contributed by atoms with Gasteiger partial charge in [0.15, 0.2) is 9.84 Å². The van der Waals surface area contributed by atoms with Crippen molar-refractivity contribution in [2.24, 2.45) is 17.6 Å². The van der Waals surface area contributed by atoms with E-state index in [1.165, 1.54) is 18.6 Å². The number of imide groups is 1. The zero-order valence-electron chi connectivity index (χ0n) is 31.4. The first kappa shape index (κ1) is 40.8. The van der Waals surface area contributed by atoms with E-state index in [2.05, 4.69) is 20.6 Å². The van der Waals surface area contributed by atoms with Crippen molar-refractivity contribution in [3.8, 4) is 0 Å². The summed E-state index contributed by atoms with van der Waals surface area (Å²) in [6.45, 7) is 5.48. The molecule has 54 heavy (non-hydrogen) atoms. The van der Waals surface area contributed by atoms with Crippen LogP contribution in [0.2, 0.25) is 0 Å². The standard InChI is InChI=1S/C40H54N6O7S/c1-26(2)22-43-37(49)20-35(48)34(19-29-14-8-5-9-15-29)45-39(51)40(21-30-23-42-25-44-30,32-24-54(52,53)36-17-11-10-16-31(32)36)46(27(3)47)38(50)33(41)18-28-12-6-4-7-13-28/h4,6-7,10-13,16-17,23,25-26,29,32-35,48H,5,8-9,14-15,18-22,24,41H2,1-3H3,(H,42,44)(H,43,49)(H,45,51)/t32?,33-,34-,35-,40-/m0/s1. The molecule has 13 nitrogen and oxygen atoms in total. The van der Waals surface area contributed by atoms with Crippen LogP contribution in [0.3, 0.4) is 0 Å². The Bertz CT molecular complexity index is 1860. The molecule has 0 saturated heterocycles. The molecule has 1 fully saturated rings. The number of aliphatic hydroxyl groups is 1. The van der Waals surface area contributed by atoms with Crippen LogP contribution in [-0.2, 0) is 41.9 Å². The molecule has 2 heterocycles. The summed E-state index contributed by atoms with van der Waals surface area (Å²) < 4.78 is 27.7. The predicted molar refractivity (Wildman–Crippen MR) is 204 cm³/mol. The lowest BCUT2D eigenvalue weighted by Crippen LogP contribution is -2.70. The molecule has 0 radical (unpaired) electrons. The summed E-state index contributed by atoms with van der Waals surface area (Å²) in [5.41, 5.74) is 5.74. The lowest BCUT2D eigenvalue weighted by Gasteiger charge is -2.46. The minimum Gasteiger partial charge on any atom is -0.390 e. The summed E-state index contributed by atoms with van der Waals surface area (Å²) >= 11 is 0. The maximum absolute atomic E-state index is 15.5. The Morgan fingerprint density at radius 3 is 2.37 bits per heavy atom. The molecule has 4 amide bonds. The molecule has 3 aromatic rings. The van der Waals surface area contributed by atoms with Crippen molar-refractivity contribution in [1.29, 1.82) is 0 Å². The van der Waals surface area contributed by atoms with E-state index < -0.39 is 63.0 Å². The number of nitrogens with zero attached hydrogens (tertiary/aromatic N) is 2. The average Bonchev–Trinajstić information content (AvgIpc) is 3.75. The molecule has 0 spiro atoms. The predicted octanol–water partition coefficient (Wildman–Crippen LogP) is 3.19. The number of aliphatic hydroxyl groups excluding tert-OH is 1. The number of H-pyrrole nitrogens is 1. The zero-order valence-corrected chi connectivity index (χ0v) is 32.2. The summed E-state index contributed by atoms with van der Waals surface area (Å²) in [6.07, 6.45) is 6.08. The number of hydrogen-bond acceptors (Lipinski definition) is 9. The van der Waals surface area contributed by atoms with Gasteiger partial charge in [0, 0.05) is 37.7 Å². The molecule has 1 saturated carbocycles. The van der Waals surface area contributed by atoms with Crippen LogP contribution in [0.1, 0.15) is 88.5 Å². The molecule has 6 N–H and O–H groups in total. The first-order valence-electron chi connectivity index (χ1n) is 18.9. The second-order valence-corrected chi connectivity index (χ2v) is 17.3. The van der Waals surface area contributed by atoms with E-state index >= 15 is 4.79 Å². The first-order chi connectivity index (χ1) is 25.7. The summed E-state index contributed by atoms with van der Waals surface area (Å²) in [5.74, 6) is -4.39. The Morgan fingerprint density at radius 1 is 1.04 bits per heavy atom. The number of carbonyl (C=O) groups excluding carboxylic acids is 4. The van der Waals surface area contributed by atoms with E-state index in [-0.39, 0.29) is 47.5 Å². The highest BCUT2D eigenvalue weighted by atomic mass is 32.2. The molecule has 14 heteroatoms. The van der Waals surface area contributed by atoms with Gasteiger partial charge >= 0.3 is 0 Å². The van der Waals surface area contributed by atoms with Gasteiger partial charge in [0.2, 0.25) is 23.6 Å². The number of aromatic nitrogens is 2. The summed E-state index contributed by atoms with van der Waals surface area (Å²) in [4.78, 5) is 65.3. The second-order valence-electron chi connectivity index (χ2n) is 15.3. The Kier molecular flexibility index (Phi) is 13.5. The highest BCUT2D eigenvalue weighted by Crippen LogP contribution is 2.46. The number of nitrogens with one attached hydrogen (secondary N) is 3. The van der Waals surface area contributed by atoms with Crippen LogP contribution in [0.4, 0.5) is 0 Å². The van der Waals surface area contributed by atoms with Crippen LogP contribution in [0.15, 0.2) is 72.0 Å². The highest BCUT2D eigenvalue weighted by Gasteiger charge is 2.59. The van der Waals surface area contributed by atoms with E-state index in [1.54, 1.807) is 42.5 Å². The summed E-state index contributed by atoms with van der Waals surface area (Å²) in [6, 6.07) is 13.0. The zero-order chi connectivity index (χ0) is 39.0. The van der Waals surface area contributed by atoms with Gasteiger partial charge in [-0.25, -0.2) is 13.4 Å². The van der Waals surface area contributed by atoms with Gasteiger partial charge in [-0.1, -0.05) is 94.5 Å². The van der Waals surface area contributed by atoms with Gasteiger partial charge in [-0.2, -0.15) is 0 Å². The molecule has 1 aliphatic carbocycles. The van der Waals surface area contributed by atoms with Crippen LogP contribution in [0, 0.1) is 11.8 Å². The van der Waals surface area contributed by atoms with Crippen LogP contribution in [-0.4, -0.2) is 88.0 Å². The molecular formula is C40H54N6O7S. The molecular weight excluding hydrogens is 709 g/mol. The fourth-order valence-electron chi connectivity index (χ4n) is 8.08. The van der Waals surface area contributed by atoms with E-state index in [4.69, 9.17) is 5.73 Å². The van der Waals surface area contributed by atoms with Crippen molar-refractivity contribution >= 4 is 33.5 Å². The maximum atomic E-state index is 15.5. The Balaban J connectivity index is 1.65. The number of amides is 4. The summed E-state index contributed by atoms with van der Waals surface area (Å²) in [7, 11) is -3.99. The summed E-state index contributed by atoms with van der Waals surface area (Å²) in [5, 5.41) is 17.6. The maximum Gasteiger partial charge on any atom is 0.247 e. The van der Waals surface area contributed by atoms with E-state index in [1.807, 2.05) is 19.9 Å². The number of fused-ring (bicyclic) bond motifs is 1. The largest absolute Gasteiger partial charge is 0.390 e. The molecule has 1 aliphatic heterocycles. The number of rotatable bonds is 16. The molecule has 2 aliphatic rings. The van der Waals surface area contributed by atoms with Crippen LogP contribution in [0.25, 0.3) is 0 Å². The second kappa shape index (κ2) is 17.8. The topological polar surface area (TPSA) is 205 Å². The fraction of sp³-hybridized carbons (Fsp3) is 0.525. The number of aromatic amines is 1. The van der Waals surface area contributed by atoms with Gasteiger partial charge < -0.3 is 26.5 Å². The number of nitrogens with two attached hydrogens (primary N) is 1. The van der Waals surface area contributed by atoms with Crippen molar-refractivity contribution in [2.75, 3.05) is 12.3 Å². The lowest BCUT2D eigenvalue weighted by molar-refractivity contribution is -0.160. The third kappa shape index (κ3) is 9.45. The highest BCUT2D eigenvalue weighted by molar-refractivity contribution is 7.91. The van der Waals surface area contributed by atoms with Crippen molar-refractivity contribution in [1.82, 2.24) is 25.5 Å². The van der Waals surface area contributed by atoms with E-state index in [0.29, 0.717) is 18.7 Å². The minimum atomic E-state index is -3.99. The number of sulfone groups is 1. The van der Waals surface area contributed by atoms with Gasteiger partial charge in [-0.15, -0.1) is 0 Å². The minimum absolute atomic E-state index is 0.00179. The molecule has 5 atom stereocenters. The lowest BCUT2D eigenvalue weighted by atomic mass is 9.74. The molecule has 1 unspecified atom stereocenters. The van der Waals surface area contributed by atoms with Crippen molar-refractivity contribution in [3.63, 3.8) is 0 Å². The van der Waals surface area contributed by atoms with Gasteiger partial charge in [0.1, 0.15) is 5.54 Å². The van der Waals surface area contributed by atoms with Crippen molar-refractivity contribution in [2.45, 2.75) is 113 Å². The van der Waals surface area contributed by atoms with E-state index in [9.17, 15) is 27.9 Å². The van der Waals surface area contributed by atoms with E-state index in [0.717, 1.165) is 49.5 Å². The molecule has 0 bridgehead atoms. The van der Waals surface area contributed by atoms with Crippen LogP contribution >= 0.6 is 0 Å². The number of carbonyl (C=O) groups is 4. The normalized spacial score (nSPS) is 19.6.